The van der Waals surface area contributed by atoms with Crippen molar-refractivity contribution in [2.45, 2.75) is 25.8 Å². The maximum atomic E-state index is 12.7. The molecular formula is C17H22N4O5. The number of hydrogen-bond donors (Lipinski definition) is 1. The summed E-state index contributed by atoms with van der Waals surface area (Å²) in [5.41, 5.74) is 0.816. The van der Waals surface area contributed by atoms with E-state index in [4.69, 9.17) is 4.74 Å². The molecule has 9 nitrogen and oxygen atoms in total. The second kappa shape index (κ2) is 7.69. The second-order valence-electron chi connectivity index (χ2n) is 6.48. The molecule has 1 aromatic rings. The standard InChI is InChI=1S/C17H22N4O5/c1-12-4-5-13(11-15(12)21(24)25)18-17(23)20-6-2-3-14(20)16(22)19-7-9-26-10-8-19/h4-5,11,14H,2-3,6-10H2,1H3,(H,18,23). The van der Waals surface area contributed by atoms with Crippen molar-refractivity contribution in [3.05, 3.63) is 33.9 Å². The van der Waals surface area contributed by atoms with E-state index in [1.807, 2.05) is 0 Å². The van der Waals surface area contributed by atoms with E-state index in [1.54, 1.807) is 24.0 Å². The lowest BCUT2D eigenvalue weighted by Crippen LogP contribution is -2.51. The third kappa shape index (κ3) is 3.77. The van der Waals surface area contributed by atoms with E-state index in [9.17, 15) is 19.7 Å². The molecule has 1 aromatic carbocycles. The summed E-state index contributed by atoms with van der Waals surface area (Å²) in [6, 6.07) is 3.64. The fourth-order valence-electron chi connectivity index (χ4n) is 3.34. The molecule has 0 aromatic heterocycles. The summed E-state index contributed by atoms with van der Waals surface area (Å²) in [6.07, 6.45) is 1.37. The summed E-state index contributed by atoms with van der Waals surface area (Å²) >= 11 is 0. The van der Waals surface area contributed by atoms with Gasteiger partial charge in [0.05, 0.1) is 18.1 Å². The van der Waals surface area contributed by atoms with Crippen molar-refractivity contribution < 1.29 is 19.2 Å². The Labute approximate surface area is 151 Å². The monoisotopic (exact) mass is 362 g/mol. The van der Waals surface area contributed by atoms with Gasteiger partial charge in [-0.15, -0.1) is 0 Å². The topological polar surface area (TPSA) is 105 Å². The van der Waals surface area contributed by atoms with Gasteiger partial charge in [0.2, 0.25) is 5.91 Å². The van der Waals surface area contributed by atoms with Gasteiger partial charge in [-0.1, -0.05) is 6.07 Å². The molecule has 2 aliphatic rings. The van der Waals surface area contributed by atoms with Crippen LogP contribution < -0.4 is 5.32 Å². The highest BCUT2D eigenvalue weighted by Gasteiger charge is 2.37. The number of morpholine rings is 1. The van der Waals surface area contributed by atoms with E-state index < -0.39 is 17.0 Å². The molecular weight excluding hydrogens is 340 g/mol. The summed E-state index contributed by atoms with van der Waals surface area (Å²) in [7, 11) is 0. The first-order valence-electron chi connectivity index (χ1n) is 8.66. The van der Waals surface area contributed by atoms with Crippen molar-refractivity contribution in [1.29, 1.82) is 0 Å². The number of nitro benzene ring substituents is 1. The Morgan fingerprint density at radius 1 is 1.27 bits per heavy atom. The number of nitrogens with zero attached hydrogens (tertiary/aromatic N) is 3. The van der Waals surface area contributed by atoms with Crippen LogP contribution in [0.15, 0.2) is 18.2 Å². The van der Waals surface area contributed by atoms with Crippen LogP contribution in [0.4, 0.5) is 16.2 Å². The van der Waals surface area contributed by atoms with Gasteiger partial charge in [-0.05, 0) is 25.8 Å². The van der Waals surface area contributed by atoms with E-state index in [2.05, 4.69) is 5.32 Å². The van der Waals surface area contributed by atoms with E-state index in [0.29, 0.717) is 50.5 Å². The van der Waals surface area contributed by atoms with Gasteiger partial charge in [-0.3, -0.25) is 14.9 Å². The van der Waals surface area contributed by atoms with Crippen molar-refractivity contribution in [2.75, 3.05) is 38.2 Å². The highest BCUT2D eigenvalue weighted by atomic mass is 16.6. The number of benzene rings is 1. The van der Waals surface area contributed by atoms with Crippen LogP contribution in [0.1, 0.15) is 18.4 Å². The van der Waals surface area contributed by atoms with Crippen LogP contribution in [0.3, 0.4) is 0 Å². The smallest absolute Gasteiger partial charge is 0.322 e. The minimum atomic E-state index is -0.492. The van der Waals surface area contributed by atoms with Crippen molar-refractivity contribution in [1.82, 2.24) is 9.80 Å². The molecule has 140 valence electrons. The molecule has 3 rings (SSSR count). The molecule has 0 aliphatic carbocycles. The number of urea groups is 1. The molecule has 0 radical (unpaired) electrons. The van der Waals surface area contributed by atoms with Crippen molar-refractivity contribution in [3.8, 4) is 0 Å². The molecule has 26 heavy (non-hydrogen) atoms. The van der Waals surface area contributed by atoms with E-state index in [1.165, 1.54) is 11.0 Å². The molecule has 2 saturated heterocycles. The van der Waals surface area contributed by atoms with Crippen LogP contribution in [0.5, 0.6) is 0 Å². The molecule has 3 amide bonds. The molecule has 0 saturated carbocycles. The van der Waals surface area contributed by atoms with Crippen LogP contribution >= 0.6 is 0 Å². The summed E-state index contributed by atoms with van der Waals surface area (Å²) < 4.78 is 5.26. The largest absolute Gasteiger partial charge is 0.378 e. The number of carbonyl (C=O) groups excluding carboxylic acids is 2. The van der Waals surface area contributed by atoms with Gasteiger partial charge >= 0.3 is 6.03 Å². The summed E-state index contributed by atoms with van der Waals surface area (Å²) in [6.45, 7) is 4.22. The average Bonchev–Trinajstić information content (AvgIpc) is 3.13. The fraction of sp³-hybridized carbons (Fsp3) is 0.529. The number of likely N-dealkylation sites (tertiary alicyclic amines) is 1. The lowest BCUT2D eigenvalue weighted by Gasteiger charge is -2.32. The Kier molecular flexibility index (Phi) is 5.36. The first kappa shape index (κ1) is 18.1. The second-order valence-corrected chi connectivity index (χ2v) is 6.48. The Morgan fingerprint density at radius 3 is 2.69 bits per heavy atom. The highest BCUT2D eigenvalue weighted by Crippen LogP contribution is 2.25. The molecule has 1 N–H and O–H groups in total. The van der Waals surface area contributed by atoms with Gasteiger partial charge in [-0.2, -0.15) is 0 Å². The van der Waals surface area contributed by atoms with Gasteiger partial charge < -0.3 is 19.9 Å². The minimum absolute atomic E-state index is 0.0508. The number of carbonyl (C=O) groups is 2. The predicted octanol–water partition coefficient (Wildman–Crippen LogP) is 1.76. The van der Waals surface area contributed by atoms with Gasteiger partial charge in [0.25, 0.3) is 5.69 Å². The maximum Gasteiger partial charge on any atom is 0.322 e. The van der Waals surface area contributed by atoms with Crippen molar-refractivity contribution in [3.63, 3.8) is 0 Å². The Hall–Kier alpha value is -2.68. The zero-order chi connectivity index (χ0) is 18.7. The maximum absolute atomic E-state index is 12.7. The lowest BCUT2D eigenvalue weighted by atomic mass is 10.2. The fourth-order valence-corrected chi connectivity index (χ4v) is 3.34. The normalized spacial score (nSPS) is 20.1. The number of nitro groups is 1. The first-order chi connectivity index (χ1) is 12.5. The van der Waals surface area contributed by atoms with Gasteiger partial charge in [0.15, 0.2) is 0 Å². The number of aryl methyl sites for hydroxylation is 1. The summed E-state index contributed by atoms with van der Waals surface area (Å²) in [5.74, 6) is -0.0594. The molecule has 2 heterocycles. The molecule has 0 bridgehead atoms. The summed E-state index contributed by atoms with van der Waals surface area (Å²) in [5, 5.41) is 13.7. The van der Waals surface area contributed by atoms with Crippen LogP contribution in [0, 0.1) is 17.0 Å². The third-order valence-electron chi connectivity index (χ3n) is 4.78. The zero-order valence-corrected chi connectivity index (χ0v) is 14.6. The van der Waals surface area contributed by atoms with Crippen LogP contribution in [0.25, 0.3) is 0 Å². The van der Waals surface area contributed by atoms with Crippen LogP contribution in [0.2, 0.25) is 0 Å². The Bertz CT molecular complexity index is 717. The number of ether oxygens (including phenoxy) is 1. The van der Waals surface area contributed by atoms with Crippen molar-refractivity contribution >= 4 is 23.3 Å². The predicted molar refractivity (Wildman–Crippen MR) is 94.0 cm³/mol. The zero-order valence-electron chi connectivity index (χ0n) is 14.6. The van der Waals surface area contributed by atoms with Gasteiger partial charge in [0.1, 0.15) is 6.04 Å². The van der Waals surface area contributed by atoms with Crippen LogP contribution in [-0.4, -0.2) is 65.6 Å². The van der Waals surface area contributed by atoms with Gasteiger partial charge in [-0.25, -0.2) is 4.79 Å². The molecule has 0 spiro atoms. The minimum Gasteiger partial charge on any atom is -0.378 e. The average molecular weight is 362 g/mol. The molecule has 9 heteroatoms. The number of amides is 3. The van der Waals surface area contributed by atoms with E-state index in [0.717, 1.165) is 6.42 Å². The number of hydrogen-bond acceptors (Lipinski definition) is 5. The van der Waals surface area contributed by atoms with Crippen molar-refractivity contribution in [2.24, 2.45) is 0 Å². The molecule has 2 aliphatic heterocycles. The summed E-state index contributed by atoms with van der Waals surface area (Å²) in [4.78, 5) is 39.2. The number of anilines is 1. The SMILES string of the molecule is Cc1ccc(NC(=O)N2CCCC2C(=O)N2CCOCC2)cc1[N+](=O)[O-]. The molecule has 2 fully saturated rings. The Balaban J connectivity index is 1.69. The van der Waals surface area contributed by atoms with Crippen LogP contribution in [-0.2, 0) is 9.53 Å². The number of nitrogens with one attached hydrogen (secondary N) is 1. The molecule has 1 unspecified atom stereocenters. The van der Waals surface area contributed by atoms with E-state index in [-0.39, 0.29) is 11.6 Å². The number of rotatable bonds is 3. The quantitative estimate of drug-likeness (QED) is 0.651. The van der Waals surface area contributed by atoms with E-state index >= 15 is 0 Å². The highest BCUT2D eigenvalue weighted by molar-refractivity contribution is 5.94. The first-order valence-corrected chi connectivity index (χ1v) is 8.66. The molecule has 1 atom stereocenters. The Morgan fingerprint density at radius 2 is 2.00 bits per heavy atom. The lowest BCUT2D eigenvalue weighted by molar-refractivity contribution is -0.385. The third-order valence-corrected chi connectivity index (χ3v) is 4.78. The van der Waals surface area contributed by atoms with Gasteiger partial charge in [0, 0.05) is 37.0 Å².